The first-order valence-electron chi connectivity index (χ1n) is 6.25. The molecule has 18 heavy (non-hydrogen) atoms. The molecule has 3 aliphatic rings. The topological polar surface area (TPSA) is 32.3 Å². The molecule has 0 aromatic rings. The number of rotatable bonds is 3. The van der Waals surface area contributed by atoms with Crippen molar-refractivity contribution in [3.63, 3.8) is 0 Å². The summed E-state index contributed by atoms with van der Waals surface area (Å²) >= 11 is 0. The van der Waals surface area contributed by atoms with Crippen molar-refractivity contribution in [1.82, 2.24) is 10.2 Å². The van der Waals surface area contributed by atoms with Crippen LogP contribution in [-0.4, -0.2) is 73.3 Å². The first kappa shape index (κ1) is 13.6. The molecule has 104 valence electrons. The Kier molecular flexibility index (Phi) is 3.55. The van der Waals surface area contributed by atoms with Gasteiger partial charge in [-0.25, -0.2) is 0 Å². The molecule has 0 aliphatic carbocycles. The maximum atomic E-state index is 12.1. The fraction of sp³-hybridized carbons (Fsp3) is 0.909. The lowest BCUT2D eigenvalue weighted by Gasteiger charge is -2.52. The molecule has 0 aromatic carbocycles. The van der Waals surface area contributed by atoms with E-state index in [9.17, 15) is 18.0 Å². The van der Waals surface area contributed by atoms with E-state index in [1.807, 2.05) is 5.32 Å². The average molecular weight is 266 g/mol. The minimum absolute atomic E-state index is 0.394. The minimum atomic E-state index is -4.34. The van der Waals surface area contributed by atoms with Gasteiger partial charge in [-0.15, -0.1) is 0 Å². The zero-order valence-corrected chi connectivity index (χ0v) is 10.5. The van der Waals surface area contributed by atoms with Crippen LogP contribution in [0.2, 0.25) is 0 Å². The second-order valence-electron chi connectivity index (χ2n) is 5.24. The minimum Gasteiger partial charge on any atom is -0.342 e. The Morgan fingerprint density at radius 2 is 1.78 bits per heavy atom. The van der Waals surface area contributed by atoms with Crippen LogP contribution in [0.15, 0.2) is 0 Å². The van der Waals surface area contributed by atoms with Crippen LogP contribution in [0.4, 0.5) is 13.2 Å². The highest BCUT2D eigenvalue weighted by atomic mass is 19.4. The Balaban J connectivity index is 1.93. The summed E-state index contributed by atoms with van der Waals surface area (Å²) in [6.07, 6.45) is -4.34. The summed E-state index contributed by atoms with van der Waals surface area (Å²) < 4.78 is 36.9. The number of carbonyl (C=O) groups excluding carboxylic acids is 1. The van der Waals surface area contributed by atoms with E-state index < -0.39 is 24.7 Å². The maximum absolute atomic E-state index is 12.1. The van der Waals surface area contributed by atoms with Crippen molar-refractivity contribution in [2.24, 2.45) is 0 Å². The number of halogens is 3. The smallest absolute Gasteiger partial charge is 0.342 e. The molecule has 0 aromatic heterocycles. The number of amides is 1. The lowest BCUT2D eigenvalue weighted by atomic mass is 10.1. The molecule has 0 unspecified atom stereocenters. The predicted octanol–water partition coefficient (Wildman–Crippen LogP) is 0.199. The van der Waals surface area contributed by atoms with E-state index >= 15 is 0 Å². The van der Waals surface area contributed by atoms with Crippen LogP contribution in [0.3, 0.4) is 0 Å². The van der Waals surface area contributed by atoms with Gasteiger partial charge in [-0.05, 0) is 6.92 Å². The van der Waals surface area contributed by atoms with Crippen LogP contribution in [-0.2, 0) is 4.79 Å². The molecular weight excluding hydrogens is 247 g/mol. The van der Waals surface area contributed by atoms with E-state index in [0.717, 1.165) is 39.3 Å². The number of piperazine rings is 3. The van der Waals surface area contributed by atoms with Crippen molar-refractivity contribution < 1.29 is 22.4 Å². The van der Waals surface area contributed by atoms with E-state index in [1.165, 1.54) is 0 Å². The van der Waals surface area contributed by atoms with Crippen LogP contribution < -0.4 is 5.32 Å². The summed E-state index contributed by atoms with van der Waals surface area (Å²) in [6, 6.07) is -0.394. The number of quaternary nitrogens is 1. The molecule has 3 aliphatic heterocycles. The van der Waals surface area contributed by atoms with Crippen molar-refractivity contribution in [3.05, 3.63) is 0 Å². The number of nitrogens with one attached hydrogen (secondary N) is 1. The molecule has 0 radical (unpaired) electrons. The molecule has 0 spiro atoms. The monoisotopic (exact) mass is 266 g/mol. The highest BCUT2D eigenvalue weighted by Crippen LogP contribution is 2.23. The molecule has 3 heterocycles. The summed E-state index contributed by atoms with van der Waals surface area (Å²) in [5.74, 6) is -0.484. The van der Waals surface area contributed by atoms with Gasteiger partial charge in [0.2, 0.25) is 0 Å². The highest BCUT2D eigenvalue weighted by Gasteiger charge is 2.45. The van der Waals surface area contributed by atoms with Crippen molar-refractivity contribution in [3.8, 4) is 0 Å². The summed E-state index contributed by atoms with van der Waals surface area (Å²) in [7, 11) is 0. The first-order valence-corrected chi connectivity index (χ1v) is 6.25. The summed E-state index contributed by atoms with van der Waals surface area (Å²) in [4.78, 5) is 14.2. The fourth-order valence-corrected chi connectivity index (χ4v) is 2.86. The van der Waals surface area contributed by atoms with Gasteiger partial charge in [-0.2, -0.15) is 13.2 Å². The predicted molar refractivity (Wildman–Crippen MR) is 59.8 cm³/mol. The van der Waals surface area contributed by atoms with Gasteiger partial charge < -0.3 is 9.80 Å². The Hall–Kier alpha value is -0.820. The van der Waals surface area contributed by atoms with E-state index in [4.69, 9.17) is 0 Å². The average Bonchev–Trinajstić information content (AvgIpc) is 2.36. The van der Waals surface area contributed by atoms with E-state index in [0.29, 0.717) is 4.48 Å². The number of alkyl halides is 3. The molecule has 1 atom stereocenters. The van der Waals surface area contributed by atoms with Crippen LogP contribution in [0.25, 0.3) is 0 Å². The lowest BCUT2D eigenvalue weighted by Crippen LogP contribution is -2.72. The van der Waals surface area contributed by atoms with Crippen molar-refractivity contribution >= 4 is 5.91 Å². The van der Waals surface area contributed by atoms with E-state index in [2.05, 4.69) is 4.90 Å². The number of fused-ring (bicyclic) bond motifs is 3. The Morgan fingerprint density at radius 1 is 1.28 bits per heavy atom. The molecule has 3 rings (SSSR count). The van der Waals surface area contributed by atoms with E-state index in [-0.39, 0.29) is 0 Å². The largest absolute Gasteiger partial charge is 0.405 e. The SMILES string of the molecule is C[C@@H](C(=O)NCC(F)(F)F)[N+]12CCN(CC1)CC2. The lowest BCUT2D eigenvalue weighted by molar-refractivity contribution is -0.953. The second-order valence-corrected chi connectivity index (χ2v) is 5.24. The maximum Gasteiger partial charge on any atom is 0.405 e. The van der Waals surface area contributed by atoms with Crippen LogP contribution in [0.5, 0.6) is 0 Å². The third-order valence-corrected chi connectivity index (χ3v) is 4.25. The van der Waals surface area contributed by atoms with Gasteiger partial charge in [0.25, 0.3) is 5.91 Å². The second kappa shape index (κ2) is 4.70. The van der Waals surface area contributed by atoms with Gasteiger partial charge in [0.15, 0.2) is 6.04 Å². The Morgan fingerprint density at radius 3 is 2.22 bits per heavy atom. The molecule has 4 nitrogen and oxygen atoms in total. The molecular formula is C11H19F3N3O+. The van der Waals surface area contributed by atoms with Crippen molar-refractivity contribution in [1.29, 1.82) is 0 Å². The first-order chi connectivity index (χ1) is 8.32. The molecule has 3 fully saturated rings. The third kappa shape index (κ3) is 2.77. The quantitative estimate of drug-likeness (QED) is 0.740. The third-order valence-electron chi connectivity index (χ3n) is 4.25. The highest BCUT2D eigenvalue weighted by molar-refractivity contribution is 5.80. The van der Waals surface area contributed by atoms with Crippen LogP contribution >= 0.6 is 0 Å². The van der Waals surface area contributed by atoms with Crippen LogP contribution in [0, 0.1) is 0 Å². The van der Waals surface area contributed by atoms with Crippen LogP contribution in [0.1, 0.15) is 6.92 Å². The molecule has 2 bridgehead atoms. The standard InChI is InChI=1S/C11H18F3N3O/c1-9(10(18)15-8-11(12,13)14)17-5-2-16(3-6-17)4-7-17/h9H,2-8H2,1H3/p+1/t9-/m0/s1. The fourth-order valence-electron chi connectivity index (χ4n) is 2.86. The molecule has 3 saturated heterocycles. The Bertz CT molecular complexity index is 310. The number of hydrogen-bond acceptors (Lipinski definition) is 2. The molecule has 0 saturated carbocycles. The van der Waals surface area contributed by atoms with Gasteiger partial charge >= 0.3 is 6.18 Å². The van der Waals surface area contributed by atoms with Gasteiger partial charge in [-0.3, -0.25) is 9.69 Å². The van der Waals surface area contributed by atoms with Gasteiger partial charge in [0.05, 0.1) is 19.6 Å². The number of nitrogens with zero attached hydrogens (tertiary/aromatic N) is 2. The summed E-state index contributed by atoms with van der Waals surface area (Å²) in [5.41, 5.74) is 0. The van der Waals surface area contributed by atoms with Gasteiger partial charge in [0, 0.05) is 19.6 Å². The van der Waals surface area contributed by atoms with Gasteiger partial charge in [-0.1, -0.05) is 0 Å². The van der Waals surface area contributed by atoms with Crippen molar-refractivity contribution in [2.45, 2.75) is 19.1 Å². The van der Waals surface area contributed by atoms with E-state index in [1.54, 1.807) is 6.92 Å². The zero-order valence-electron chi connectivity index (χ0n) is 10.5. The van der Waals surface area contributed by atoms with Gasteiger partial charge in [0.1, 0.15) is 6.54 Å². The Labute approximate surface area is 104 Å². The number of hydrogen-bond donors (Lipinski definition) is 1. The summed E-state index contributed by atoms with van der Waals surface area (Å²) in [5, 5.41) is 2.00. The molecule has 1 amide bonds. The molecule has 1 N–H and O–H groups in total. The molecule has 7 heteroatoms. The number of carbonyl (C=O) groups is 1. The summed E-state index contributed by atoms with van der Waals surface area (Å²) in [6.45, 7) is 5.92. The normalized spacial score (nSPS) is 33.2. The van der Waals surface area contributed by atoms with Crippen molar-refractivity contribution in [2.75, 3.05) is 45.8 Å². The zero-order chi connectivity index (χ0) is 13.4.